The first-order valence-electron chi connectivity index (χ1n) is 11.2. The van der Waals surface area contributed by atoms with Crippen molar-refractivity contribution in [3.63, 3.8) is 0 Å². The third kappa shape index (κ3) is 3.94. The summed E-state index contributed by atoms with van der Waals surface area (Å²) in [4.78, 5) is 26.7. The van der Waals surface area contributed by atoms with Crippen LogP contribution in [0, 0.1) is 6.92 Å². The van der Waals surface area contributed by atoms with Gasteiger partial charge in [0, 0.05) is 19.0 Å². The van der Waals surface area contributed by atoms with Crippen LogP contribution in [0.4, 0.5) is 0 Å². The molecule has 0 saturated carbocycles. The number of carbonyl (C=O) groups is 2. The molecule has 2 heterocycles. The summed E-state index contributed by atoms with van der Waals surface area (Å²) in [5.41, 5.74) is 5.48. The van der Waals surface area contributed by atoms with Gasteiger partial charge in [0.15, 0.2) is 6.17 Å². The SMILES string of the molecule is CC(=O)N1N=C(c2ccccc2)CN(C(=O)c2ccccc2)N2CCc3ccc(C)cc3[C@H]12. The van der Waals surface area contributed by atoms with Crippen molar-refractivity contribution in [2.75, 3.05) is 13.1 Å². The molecule has 0 bridgehead atoms. The smallest absolute Gasteiger partial charge is 0.268 e. The highest BCUT2D eigenvalue weighted by Crippen LogP contribution is 2.37. The zero-order valence-electron chi connectivity index (χ0n) is 18.8. The number of nitrogens with zero attached hydrogens (tertiary/aromatic N) is 4. The second-order valence-electron chi connectivity index (χ2n) is 8.49. The van der Waals surface area contributed by atoms with Gasteiger partial charge in [-0.2, -0.15) is 10.1 Å². The molecule has 2 aliphatic rings. The zero-order chi connectivity index (χ0) is 22.9. The van der Waals surface area contributed by atoms with Crippen molar-refractivity contribution in [1.29, 1.82) is 0 Å². The number of hydrogen-bond acceptors (Lipinski definition) is 4. The Morgan fingerprint density at radius 2 is 1.64 bits per heavy atom. The Morgan fingerprint density at radius 1 is 0.939 bits per heavy atom. The van der Waals surface area contributed by atoms with Crippen LogP contribution in [0.25, 0.3) is 0 Å². The predicted molar refractivity (Wildman–Crippen MR) is 127 cm³/mol. The van der Waals surface area contributed by atoms with Crippen LogP contribution in [0.1, 0.15) is 45.7 Å². The summed E-state index contributed by atoms with van der Waals surface area (Å²) in [5.74, 6) is -0.271. The maximum absolute atomic E-state index is 13.8. The van der Waals surface area contributed by atoms with E-state index in [1.807, 2.05) is 72.6 Å². The molecule has 0 aromatic heterocycles. The van der Waals surface area contributed by atoms with Crippen LogP contribution in [0.15, 0.2) is 84.0 Å². The van der Waals surface area contributed by atoms with Crippen LogP contribution < -0.4 is 0 Å². The molecule has 0 saturated heterocycles. The lowest BCUT2D eigenvalue weighted by molar-refractivity contribution is -0.144. The van der Waals surface area contributed by atoms with E-state index in [0.717, 1.165) is 23.1 Å². The first kappa shape index (κ1) is 21.1. The van der Waals surface area contributed by atoms with Gasteiger partial charge in [-0.15, -0.1) is 0 Å². The summed E-state index contributed by atoms with van der Waals surface area (Å²) >= 11 is 0. The number of hydrazone groups is 1. The van der Waals surface area contributed by atoms with Gasteiger partial charge in [0.05, 0.1) is 12.3 Å². The van der Waals surface area contributed by atoms with Crippen LogP contribution in [0.2, 0.25) is 0 Å². The number of hydrogen-bond donors (Lipinski definition) is 0. The Labute approximate surface area is 193 Å². The number of aryl methyl sites for hydroxylation is 1. The molecule has 166 valence electrons. The summed E-state index contributed by atoms with van der Waals surface area (Å²) in [6, 6.07) is 25.4. The minimum Gasteiger partial charge on any atom is -0.273 e. The molecule has 6 nitrogen and oxygen atoms in total. The molecule has 0 fully saturated rings. The van der Waals surface area contributed by atoms with Gasteiger partial charge in [-0.3, -0.25) is 14.6 Å². The molecule has 0 aliphatic carbocycles. The molecule has 3 aromatic carbocycles. The van der Waals surface area contributed by atoms with Crippen molar-refractivity contribution in [3.8, 4) is 0 Å². The Kier molecular flexibility index (Phi) is 5.52. The Hall–Kier alpha value is -3.77. The van der Waals surface area contributed by atoms with Crippen molar-refractivity contribution in [2.45, 2.75) is 26.4 Å². The summed E-state index contributed by atoms with van der Waals surface area (Å²) in [5, 5.41) is 10.2. The lowest BCUT2D eigenvalue weighted by Crippen LogP contribution is -2.54. The fourth-order valence-electron chi connectivity index (χ4n) is 4.60. The molecule has 5 rings (SSSR count). The minimum absolute atomic E-state index is 0.106. The average molecular weight is 439 g/mol. The number of hydrazine groups is 1. The van der Waals surface area contributed by atoms with Crippen molar-refractivity contribution < 1.29 is 9.59 Å². The second kappa shape index (κ2) is 8.64. The lowest BCUT2D eigenvalue weighted by Gasteiger charge is -2.44. The van der Waals surface area contributed by atoms with Crippen molar-refractivity contribution in [3.05, 3.63) is 107 Å². The highest BCUT2D eigenvalue weighted by atomic mass is 16.2. The Balaban J connectivity index is 1.69. The van der Waals surface area contributed by atoms with Gasteiger partial charge < -0.3 is 0 Å². The van der Waals surface area contributed by atoms with Crippen LogP contribution in [-0.2, 0) is 11.2 Å². The van der Waals surface area contributed by atoms with E-state index in [4.69, 9.17) is 5.10 Å². The monoisotopic (exact) mass is 438 g/mol. The minimum atomic E-state index is -0.486. The van der Waals surface area contributed by atoms with E-state index >= 15 is 0 Å². The lowest BCUT2D eigenvalue weighted by atomic mass is 9.95. The largest absolute Gasteiger partial charge is 0.273 e. The molecule has 0 radical (unpaired) electrons. The Morgan fingerprint density at radius 3 is 2.33 bits per heavy atom. The molecule has 2 aliphatic heterocycles. The fraction of sp³-hybridized carbons (Fsp3) is 0.222. The van der Waals surface area contributed by atoms with E-state index in [1.54, 1.807) is 5.01 Å². The van der Waals surface area contributed by atoms with Crippen molar-refractivity contribution >= 4 is 17.5 Å². The fourth-order valence-corrected chi connectivity index (χ4v) is 4.60. The van der Waals surface area contributed by atoms with Gasteiger partial charge in [-0.05, 0) is 42.2 Å². The molecule has 3 aromatic rings. The van der Waals surface area contributed by atoms with Gasteiger partial charge in [0.25, 0.3) is 5.91 Å². The van der Waals surface area contributed by atoms with Crippen LogP contribution in [-0.4, -0.2) is 45.6 Å². The number of carbonyl (C=O) groups excluding carboxylic acids is 2. The second-order valence-corrected chi connectivity index (χ2v) is 8.49. The molecular weight excluding hydrogens is 412 g/mol. The molecule has 2 amide bonds. The number of rotatable bonds is 2. The van der Waals surface area contributed by atoms with Gasteiger partial charge in [0.2, 0.25) is 5.91 Å². The molecule has 33 heavy (non-hydrogen) atoms. The predicted octanol–water partition coefficient (Wildman–Crippen LogP) is 4.18. The van der Waals surface area contributed by atoms with E-state index in [-0.39, 0.29) is 18.4 Å². The van der Waals surface area contributed by atoms with Gasteiger partial charge in [-0.25, -0.2) is 5.01 Å². The third-order valence-electron chi connectivity index (χ3n) is 6.23. The third-order valence-corrected chi connectivity index (χ3v) is 6.23. The average Bonchev–Trinajstić information content (AvgIpc) is 3.02. The van der Waals surface area contributed by atoms with Crippen molar-refractivity contribution in [1.82, 2.24) is 15.0 Å². The van der Waals surface area contributed by atoms with Crippen molar-refractivity contribution in [2.24, 2.45) is 5.10 Å². The maximum Gasteiger partial charge on any atom is 0.268 e. The highest BCUT2D eigenvalue weighted by Gasteiger charge is 2.41. The molecule has 0 N–H and O–H groups in total. The quantitative estimate of drug-likeness (QED) is 0.603. The summed E-state index contributed by atoms with van der Waals surface area (Å²) in [7, 11) is 0. The van der Waals surface area contributed by atoms with Gasteiger partial charge >= 0.3 is 0 Å². The molecular formula is C27H26N4O2. The topological polar surface area (TPSA) is 56.2 Å². The zero-order valence-corrected chi connectivity index (χ0v) is 18.8. The summed E-state index contributed by atoms with van der Waals surface area (Å²) < 4.78 is 0. The summed E-state index contributed by atoms with van der Waals surface area (Å²) in [6.07, 6.45) is 0.303. The maximum atomic E-state index is 13.8. The van der Waals surface area contributed by atoms with Gasteiger partial charge in [-0.1, -0.05) is 72.3 Å². The molecule has 1 atom stereocenters. The van der Waals surface area contributed by atoms with E-state index in [0.29, 0.717) is 17.8 Å². The number of fused-ring (bicyclic) bond motifs is 3. The van der Waals surface area contributed by atoms with E-state index in [9.17, 15) is 9.59 Å². The normalized spacial score (nSPS) is 18.1. The van der Waals surface area contributed by atoms with Crippen LogP contribution in [0.5, 0.6) is 0 Å². The molecule has 0 unspecified atom stereocenters. The number of amides is 2. The first-order chi connectivity index (χ1) is 16.0. The van der Waals surface area contributed by atoms with E-state index < -0.39 is 6.17 Å². The molecule has 6 heteroatoms. The first-order valence-corrected chi connectivity index (χ1v) is 11.2. The summed E-state index contributed by atoms with van der Waals surface area (Å²) in [6.45, 7) is 4.46. The van der Waals surface area contributed by atoms with Crippen LogP contribution in [0.3, 0.4) is 0 Å². The highest BCUT2D eigenvalue weighted by molar-refractivity contribution is 6.05. The van der Waals surface area contributed by atoms with Gasteiger partial charge in [0.1, 0.15) is 0 Å². The van der Waals surface area contributed by atoms with E-state index in [1.165, 1.54) is 17.5 Å². The Bertz CT molecular complexity index is 1220. The molecule has 0 spiro atoms. The number of benzene rings is 3. The van der Waals surface area contributed by atoms with E-state index in [2.05, 4.69) is 18.2 Å². The van der Waals surface area contributed by atoms with Crippen LogP contribution >= 0.6 is 0 Å². The standard InChI is InChI=1S/C27H26N4O2/c1-19-13-14-21-15-16-29-26(24(21)17-19)31(20(2)32)28-25(22-9-5-3-6-10-22)18-30(29)27(33)23-11-7-4-8-12-23/h3-14,17,26H,15-16,18H2,1-2H3/t26-/m0/s1.